The molecule has 0 spiro atoms. The number of pyridine rings is 1. The fourth-order valence-corrected chi connectivity index (χ4v) is 2.45. The third-order valence-corrected chi connectivity index (χ3v) is 3.63. The highest BCUT2D eigenvalue weighted by molar-refractivity contribution is 7.10. The Labute approximate surface area is 113 Å². The fourth-order valence-electron chi connectivity index (χ4n) is 1.21. The first kappa shape index (κ1) is 12.5. The van der Waals surface area contributed by atoms with E-state index in [1.54, 1.807) is 17.4 Å². The normalized spacial score (nSPS) is 11.2. The number of halogens is 2. The van der Waals surface area contributed by atoms with Crippen molar-refractivity contribution in [3.8, 4) is 0 Å². The number of rotatable bonds is 3. The smallest absolute Gasteiger partial charge is 0.192 e. The van der Waals surface area contributed by atoms with E-state index in [9.17, 15) is 0 Å². The fraction of sp³-hybridized carbons (Fsp3) is 0.182. The van der Waals surface area contributed by atoms with E-state index in [0.29, 0.717) is 22.4 Å². The Balaban J connectivity index is 2.08. The SMILES string of the molecule is Cc1ccsc1CN=Nc1ncc(Cl)cc1Cl. The molecule has 0 fully saturated rings. The first-order valence-corrected chi connectivity index (χ1v) is 6.52. The van der Waals surface area contributed by atoms with Gasteiger partial charge >= 0.3 is 0 Å². The molecule has 0 aliphatic heterocycles. The van der Waals surface area contributed by atoms with Crippen LogP contribution in [0.15, 0.2) is 33.9 Å². The molecule has 0 atom stereocenters. The van der Waals surface area contributed by atoms with Crippen molar-refractivity contribution < 1.29 is 0 Å². The van der Waals surface area contributed by atoms with Crippen LogP contribution in [0.1, 0.15) is 10.4 Å². The summed E-state index contributed by atoms with van der Waals surface area (Å²) in [7, 11) is 0. The molecule has 0 N–H and O–H groups in total. The second-order valence-electron chi connectivity index (χ2n) is 3.39. The topological polar surface area (TPSA) is 37.6 Å². The molecule has 6 heteroatoms. The first-order valence-electron chi connectivity index (χ1n) is 4.88. The van der Waals surface area contributed by atoms with Crippen molar-refractivity contribution in [1.82, 2.24) is 4.98 Å². The summed E-state index contributed by atoms with van der Waals surface area (Å²) in [4.78, 5) is 5.19. The Hall–Kier alpha value is -0.970. The summed E-state index contributed by atoms with van der Waals surface area (Å²) in [6, 6.07) is 3.66. The second kappa shape index (κ2) is 5.58. The van der Waals surface area contributed by atoms with E-state index in [1.807, 2.05) is 5.38 Å². The third-order valence-electron chi connectivity index (χ3n) is 2.14. The summed E-state index contributed by atoms with van der Waals surface area (Å²) in [6.45, 7) is 2.60. The molecule has 0 saturated carbocycles. The van der Waals surface area contributed by atoms with E-state index >= 15 is 0 Å². The van der Waals surface area contributed by atoms with Gasteiger partial charge in [-0.05, 0) is 30.0 Å². The van der Waals surface area contributed by atoms with Crippen LogP contribution in [-0.2, 0) is 6.54 Å². The molecule has 3 nitrogen and oxygen atoms in total. The number of azo groups is 1. The summed E-state index contributed by atoms with van der Waals surface area (Å²) < 4.78 is 0. The molecular formula is C11H9Cl2N3S. The molecule has 2 aromatic heterocycles. The first-order chi connectivity index (χ1) is 8.16. The van der Waals surface area contributed by atoms with Crippen LogP contribution in [0.5, 0.6) is 0 Å². The van der Waals surface area contributed by atoms with Crippen molar-refractivity contribution in [2.45, 2.75) is 13.5 Å². The van der Waals surface area contributed by atoms with Gasteiger partial charge in [-0.3, -0.25) is 0 Å². The summed E-state index contributed by atoms with van der Waals surface area (Å²) in [5.74, 6) is 0.394. The number of aromatic nitrogens is 1. The highest BCUT2D eigenvalue weighted by Crippen LogP contribution is 2.25. The van der Waals surface area contributed by atoms with Gasteiger partial charge in [0.2, 0.25) is 0 Å². The molecule has 0 aliphatic rings. The van der Waals surface area contributed by atoms with Crippen molar-refractivity contribution in [3.05, 3.63) is 44.2 Å². The van der Waals surface area contributed by atoms with Crippen molar-refractivity contribution in [3.63, 3.8) is 0 Å². The van der Waals surface area contributed by atoms with E-state index in [1.165, 1.54) is 16.6 Å². The molecule has 2 aromatic rings. The van der Waals surface area contributed by atoms with Gasteiger partial charge in [-0.15, -0.1) is 16.5 Å². The van der Waals surface area contributed by atoms with E-state index in [2.05, 4.69) is 28.2 Å². The monoisotopic (exact) mass is 285 g/mol. The van der Waals surface area contributed by atoms with Crippen molar-refractivity contribution in [2.75, 3.05) is 0 Å². The molecule has 0 saturated heterocycles. The minimum atomic E-state index is 0.394. The number of nitrogens with zero attached hydrogens (tertiary/aromatic N) is 3. The van der Waals surface area contributed by atoms with Crippen LogP contribution in [0.4, 0.5) is 5.82 Å². The van der Waals surface area contributed by atoms with Crippen LogP contribution in [0.25, 0.3) is 0 Å². The van der Waals surface area contributed by atoms with Gasteiger partial charge in [0, 0.05) is 11.1 Å². The van der Waals surface area contributed by atoms with Crippen molar-refractivity contribution in [2.24, 2.45) is 10.2 Å². The molecule has 0 radical (unpaired) electrons. The molecule has 88 valence electrons. The molecule has 17 heavy (non-hydrogen) atoms. The number of aryl methyl sites for hydroxylation is 1. The zero-order valence-electron chi connectivity index (χ0n) is 9.02. The highest BCUT2D eigenvalue weighted by Gasteiger charge is 2.02. The molecular weight excluding hydrogens is 277 g/mol. The molecule has 0 unspecified atom stereocenters. The van der Waals surface area contributed by atoms with Gasteiger partial charge in [0.05, 0.1) is 16.6 Å². The zero-order valence-corrected chi connectivity index (χ0v) is 11.4. The minimum absolute atomic E-state index is 0.394. The van der Waals surface area contributed by atoms with Crippen molar-refractivity contribution >= 4 is 40.4 Å². The van der Waals surface area contributed by atoms with Crippen LogP contribution in [-0.4, -0.2) is 4.98 Å². The minimum Gasteiger partial charge on any atom is -0.233 e. The standard InChI is InChI=1S/C11H9Cl2N3S/c1-7-2-3-17-10(7)6-15-16-11-9(13)4-8(12)5-14-11/h2-5H,6H2,1H3. The second-order valence-corrected chi connectivity index (χ2v) is 5.23. The maximum Gasteiger partial charge on any atom is 0.192 e. The van der Waals surface area contributed by atoms with E-state index in [4.69, 9.17) is 23.2 Å². The molecule has 0 amide bonds. The predicted octanol–water partition coefficient (Wildman–Crippen LogP) is 5.04. The quantitative estimate of drug-likeness (QED) is 0.728. The lowest BCUT2D eigenvalue weighted by molar-refractivity contribution is 0.957. The summed E-state index contributed by atoms with van der Waals surface area (Å²) >= 11 is 13.3. The Morgan fingerprint density at radius 1 is 1.41 bits per heavy atom. The van der Waals surface area contributed by atoms with Gasteiger partial charge in [0.15, 0.2) is 5.82 Å². The molecule has 2 heterocycles. The third kappa shape index (κ3) is 3.25. The number of hydrogen-bond acceptors (Lipinski definition) is 4. The molecule has 0 bridgehead atoms. The van der Waals surface area contributed by atoms with Gasteiger partial charge in [-0.1, -0.05) is 23.2 Å². The summed E-state index contributed by atoms with van der Waals surface area (Å²) in [5.41, 5.74) is 1.23. The summed E-state index contributed by atoms with van der Waals surface area (Å²) in [6.07, 6.45) is 1.50. The summed E-state index contributed by atoms with van der Waals surface area (Å²) in [5, 5.41) is 11.0. The van der Waals surface area contributed by atoms with Gasteiger partial charge in [0.25, 0.3) is 0 Å². The lowest BCUT2D eigenvalue weighted by Gasteiger charge is -1.96. The highest BCUT2D eigenvalue weighted by atomic mass is 35.5. The van der Waals surface area contributed by atoms with Gasteiger partial charge in [-0.25, -0.2) is 4.98 Å². The predicted molar refractivity (Wildman–Crippen MR) is 71.5 cm³/mol. The molecule has 0 aromatic carbocycles. The average molecular weight is 286 g/mol. The molecule has 0 aliphatic carbocycles. The largest absolute Gasteiger partial charge is 0.233 e. The Bertz CT molecular complexity index is 551. The Morgan fingerprint density at radius 2 is 2.24 bits per heavy atom. The van der Waals surface area contributed by atoms with Crippen LogP contribution in [0.2, 0.25) is 10.0 Å². The Morgan fingerprint density at radius 3 is 2.88 bits per heavy atom. The number of thiophene rings is 1. The van der Waals surface area contributed by atoms with Gasteiger partial charge in [0.1, 0.15) is 0 Å². The van der Waals surface area contributed by atoms with Gasteiger partial charge in [-0.2, -0.15) is 5.11 Å². The van der Waals surface area contributed by atoms with Crippen molar-refractivity contribution in [1.29, 1.82) is 0 Å². The van der Waals surface area contributed by atoms with E-state index < -0.39 is 0 Å². The van der Waals surface area contributed by atoms with Gasteiger partial charge < -0.3 is 0 Å². The lowest BCUT2D eigenvalue weighted by Crippen LogP contribution is -1.79. The van der Waals surface area contributed by atoms with E-state index in [-0.39, 0.29) is 0 Å². The maximum absolute atomic E-state index is 5.92. The van der Waals surface area contributed by atoms with E-state index in [0.717, 1.165) is 0 Å². The Kier molecular flexibility index (Phi) is 4.10. The van der Waals surface area contributed by atoms with Crippen LogP contribution in [0, 0.1) is 6.92 Å². The van der Waals surface area contributed by atoms with Crippen LogP contribution >= 0.6 is 34.5 Å². The van der Waals surface area contributed by atoms with Crippen LogP contribution < -0.4 is 0 Å². The zero-order chi connectivity index (χ0) is 12.3. The van der Waals surface area contributed by atoms with Crippen LogP contribution in [0.3, 0.4) is 0 Å². The number of hydrogen-bond donors (Lipinski definition) is 0. The molecule has 2 rings (SSSR count). The average Bonchev–Trinajstić information content (AvgIpc) is 2.68. The lowest BCUT2D eigenvalue weighted by atomic mass is 10.3. The maximum atomic E-state index is 5.92.